The van der Waals surface area contributed by atoms with Crippen LogP contribution in [0.2, 0.25) is 0 Å². The first-order valence-electron chi connectivity index (χ1n) is 6.95. The molecular weight excluding hydrogens is 274 g/mol. The maximum absolute atomic E-state index is 9.45. The van der Waals surface area contributed by atoms with Gasteiger partial charge in [-0.1, -0.05) is 0 Å². The van der Waals surface area contributed by atoms with Crippen molar-refractivity contribution in [1.29, 1.82) is 0 Å². The van der Waals surface area contributed by atoms with Gasteiger partial charge < -0.3 is 20.3 Å². The molecule has 2 aromatic heterocycles. The molecule has 0 unspecified atom stereocenters. The number of hydrogen-bond acceptors (Lipinski definition) is 7. The van der Waals surface area contributed by atoms with E-state index < -0.39 is 0 Å². The molecule has 21 heavy (non-hydrogen) atoms. The van der Waals surface area contributed by atoms with Crippen LogP contribution in [-0.2, 0) is 9.47 Å². The summed E-state index contributed by atoms with van der Waals surface area (Å²) >= 11 is 0. The van der Waals surface area contributed by atoms with Gasteiger partial charge in [0.25, 0.3) is 0 Å². The Labute approximate surface area is 121 Å². The molecule has 3 N–H and O–H groups in total. The number of nitrogen functional groups attached to an aromatic ring is 1. The maximum atomic E-state index is 9.45. The molecule has 8 nitrogen and oxygen atoms in total. The molecule has 0 aromatic carbocycles. The van der Waals surface area contributed by atoms with Crippen LogP contribution in [0.4, 0.5) is 5.82 Å². The number of anilines is 1. The highest BCUT2D eigenvalue weighted by Gasteiger charge is 2.37. The van der Waals surface area contributed by atoms with Crippen LogP contribution in [0.5, 0.6) is 0 Å². The van der Waals surface area contributed by atoms with E-state index in [0.29, 0.717) is 23.4 Å². The molecule has 0 radical (unpaired) electrons. The first kappa shape index (κ1) is 14.2. The SMILES string of the molecule is CC(C)O[C@H]1C[C@H](n2cnc3c(N)ncnc32)O[C@@H]1CO. The summed E-state index contributed by atoms with van der Waals surface area (Å²) < 4.78 is 13.5. The number of ether oxygens (including phenoxy) is 2. The lowest BCUT2D eigenvalue weighted by atomic mass is 10.2. The highest BCUT2D eigenvalue weighted by molar-refractivity contribution is 5.81. The van der Waals surface area contributed by atoms with E-state index in [1.165, 1.54) is 6.33 Å². The zero-order chi connectivity index (χ0) is 15.0. The molecule has 0 bridgehead atoms. The fourth-order valence-electron chi connectivity index (χ4n) is 2.61. The van der Waals surface area contributed by atoms with Crippen molar-refractivity contribution in [2.24, 2.45) is 0 Å². The van der Waals surface area contributed by atoms with Gasteiger partial charge in [-0.3, -0.25) is 4.57 Å². The predicted molar refractivity (Wildman–Crippen MR) is 75.4 cm³/mol. The molecule has 0 spiro atoms. The minimum atomic E-state index is -0.353. The van der Waals surface area contributed by atoms with Gasteiger partial charge in [-0.15, -0.1) is 0 Å². The molecule has 0 amide bonds. The molecule has 8 heteroatoms. The van der Waals surface area contributed by atoms with Crippen LogP contribution < -0.4 is 5.73 Å². The topological polar surface area (TPSA) is 108 Å². The number of nitrogens with zero attached hydrogens (tertiary/aromatic N) is 4. The molecule has 3 heterocycles. The van der Waals surface area contributed by atoms with Crippen molar-refractivity contribution >= 4 is 17.0 Å². The molecule has 2 aromatic rings. The Balaban J connectivity index is 1.88. The standard InChI is InChI=1S/C13H19N5O3/c1-7(2)20-8-3-10(21-9(8)4-19)18-6-17-11-12(14)15-5-16-13(11)18/h5-10,19H,3-4H2,1-2H3,(H2,14,15,16)/t8-,9+,10+/m0/s1. The Morgan fingerprint density at radius 1 is 1.48 bits per heavy atom. The number of rotatable bonds is 4. The summed E-state index contributed by atoms with van der Waals surface area (Å²) in [7, 11) is 0. The fraction of sp³-hybridized carbons (Fsp3) is 0.615. The van der Waals surface area contributed by atoms with Crippen LogP contribution in [0.3, 0.4) is 0 Å². The number of hydrogen-bond donors (Lipinski definition) is 2. The van der Waals surface area contributed by atoms with Crippen LogP contribution in [0.25, 0.3) is 11.2 Å². The Morgan fingerprint density at radius 2 is 2.29 bits per heavy atom. The van der Waals surface area contributed by atoms with Gasteiger partial charge in [-0.25, -0.2) is 15.0 Å². The number of nitrogens with two attached hydrogens (primary N) is 1. The lowest BCUT2D eigenvalue weighted by Crippen LogP contribution is -2.29. The first-order chi connectivity index (χ1) is 10.1. The second kappa shape index (κ2) is 5.55. The van der Waals surface area contributed by atoms with Crippen molar-refractivity contribution in [3.63, 3.8) is 0 Å². The van der Waals surface area contributed by atoms with Crippen LogP contribution in [-0.4, -0.2) is 49.5 Å². The van der Waals surface area contributed by atoms with Gasteiger partial charge in [0.1, 0.15) is 24.2 Å². The molecule has 0 aliphatic carbocycles. The molecule has 0 saturated carbocycles. The Morgan fingerprint density at radius 3 is 3.00 bits per heavy atom. The Kier molecular flexibility index (Phi) is 3.75. The van der Waals surface area contributed by atoms with Crippen molar-refractivity contribution in [3.8, 4) is 0 Å². The molecule has 1 saturated heterocycles. The highest BCUT2D eigenvalue weighted by atomic mass is 16.6. The van der Waals surface area contributed by atoms with Crippen LogP contribution >= 0.6 is 0 Å². The summed E-state index contributed by atoms with van der Waals surface area (Å²) in [6.45, 7) is 3.84. The molecular formula is C13H19N5O3. The number of aliphatic hydroxyl groups excluding tert-OH is 1. The second-order valence-corrected chi connectivity index (χ2v) is 5.35. The third kappa shape index (κ3) is 2.57. The van der Waals surface area contributed by atoms with E-state index >= 15 is 0 Å². The molecule has 1 aliphatic rings. The van der Waals surface area contributed by atoms with Crippen molar-refractivity contribution in [1.82, 2.24) is 19.5 Å². The zero-order valence-corrected chi connectivity index (χ0v) is 12.0. The summed E-state index contributed by atoms with van der Waals surface area (Å²) in [6.07, 6.45) is 2.93. The average molecular weight is 293 g/mol. The van der Waals surface area contributed by atoms with E-state index in [9.17, 15) is 5.11 Å². The van der Waals surface area contributed by atoms with Crippen LogP contribution in [0, 0.1) is 0 Å². The largest absolute Gasteiger partial charge is 0.394 e. The maximum Gasteiger partial charge on any atom is 0.167 e. The van der Waals surface area contributed by atoms with E-state index in [1.807, 2.05) is 13.8 Å². The smallest absolute Gasteiger partial charge is 0.167 e. The van der Waals surface area contributed by atoms with E-state index in [4.69, 9.17) is 15.2 Å². The van der Waals surface area contributed by atoms with Gasteiger partial charge in [0.15, 0.2) is 11.5 Å². The molecule has 3 rings (SSSR count). The van der Waals surface area contributed by atoms with Gasteiger partial charge in [-0.2, -0.15) is 0 Å². The Hall–Kier alpha value is -1.77. The van der Waals surface area contributed by atoms with Crippen molar-refractivity contribution in [3.05, 3.63) is 12.7 Å². The average Bonchev–Trinajstić information content (AvgIpc) is 3.02. The molecule has 3 atom stereocenters. The lowest BCUT2D eigenvalue weighted by Gasteiger charge is -2.18. The third-order valence-electron chi connectivity index (χ3n) is 3.50. The van der Waals surface area contributed by atoms with Crippen LogP contribution in [0.1, 0.15) is 26.5 Å². The second-order valence-electron chi connectivity index (χ2n) is 5.35. The van der Waals surface area contributed by atoms with Crippen LogP contribution in [0.15, 0.2) is 12.7 Å². The molecule has 1 aliphatic heterocycles. The number of fused-ring (bicyclic) bond motifs is 1. The fourth-order valence-corrected chi connectivity index (χ4v) is 2.61. The zero-order valence-electron chi connectivity index (χ0n) is 12.0. The van der Waals surface area contributed by atoms with E-state index in [-0.39, 0.29) is 31.1 Å². The van der Waals surface area contributed by atoms with Crippen molar-refractivity contribution < 1.29 is 14.6 Å². The summed E-state index contributed by atoms with van der Waals surface area (Å²) in [5, 5.41) is 9.45. The quantitative estimate of drug-likeness (QED) is 0.844. The number of aromatic nitrogens is 4. The van der Waals surface area contributed by atoms with Gasteiger partial charge in [0, 0.05) is 6.42 Å². The normalized spacial score (nSPS) is 26.0. The van der Waals surface area contributed by atoms with Crippen molar-refractivity contribution in [2.75, 3.05) is 12.3 Å². The van der Waals surface area contributed by atoms with E-state index in [0.717, 1.165) is 0 Å². The Bertz CT molecular complexity index is 629. The molecule has 114 valence electrons. The van der Waals surface area contributed by atoms with E-state index in [2.05, 4.69) is 15.0 Å². The summed E-state index contributed by atoms with van der Waals surface area (Å²) in [4.78, 5) is 12.4. The monoisotopic (exact) mass is 293 g/mol. The summed E-state index contributed by atoms with van der Waals surface area (Å²) in [6, 6.07) is 0. The predicted octanol–water partition coefficient (Wildman–Crippen LogP) is 0.482. The number of imidazole rings is 1. The van der Waals surface area contributed by atoms with Gasteiger partial charge in [0.05, 0.1) is 25.1 Å². The third-order valence-corrected chi connectivity index (χ3v) is 3.50. The summed E-state index contributed by atoms with van der Waals surface area (Å²) in [5.41, 5.74) is 6.95. The minimum absolute atomic E-state index is 0.0731. The molecule has 1 fully saturated rings. The highest BCUT2D eigenvalue weighted by Crippen LogP contribution is 2.33. The number of aliphatic hydroxyl groups is 1. The minimum Gasteiger partial charge on any atom is -0.394 e. The van der Waals surface area contributed by atoms with Gasteiger partial charge >= 0.3 is 0 Å². The van der Waals surface area contributed by atoms with Gasteiger partial charge in [0.2, 0.25) is 0 Å². The van der Waals surface area contributed by atoms with E-state index in [1.54, 1.807) is 10.9 Å². The van der Waals surface area contributed by atoms with Crippen molar-refractivity contribution in [2.45, 2.75) is 44.8 Å². The lowest BCUT2D eigenvalue weighted by molar-refractivity contribution is -0.0736. The van der Waals surface area contributed by atoms with Gasteiger partial charge in [-0.05, 0) is 13.8 Å². The summed E-state index contributed by atoms with van der Waals surface area (Å²) in [5.74, 6) is 0.338. The first-order valence-corrected chi connectivity index (χ1v) is 6.95.